The van der Waals surface area contributed by atoms with Crippen LogP contribution in [0.2, 0.25) is 0 Å². The third kappa shape index (κ3) is 2.38. The fraction of sp³-hybridized carbons (Fsp3) is 0.143. The van der Waals surface area contributed by atoms with E-state index >= 15 is 0 Å². The lowest BCUT2D eigenvalue weighted by atomic mass is 10.2. The van der Waals surface area contributed by atoms with Crippen LogP contribution < -0.4 is 10.8 Å². The van der Waals surface area contributed by atoms with Crippen LogP contribution >= 0.6 is 11.6 Å². The summed E-state index contributed by atoms with van der Waals surface area (Å²) in [7, 11) is 0. The Morgan fingerprint density at radius 2 is 1.91 bits per heavy atom. The molecule has 0 fully saturated rings. The zero-order chi connectivity index (χ0) is 8.10. The van der Waals surface area contributed by atoms with Gasteiger partial charge < -0.3 is 4.89 Å². The average molecular weight is 174 g/mol. The van der Waals surface area contributed by atoms with Gasteiger partial charge >= 0.3 is 0 Å². The Kier molecular flexibility index (Phi) is 3.16. The monoisotopic (exact) mass is 173 g/mol. The van der Waals surface area contributed by atoms with E-state index in [4.69, 9.17) is 11.6 Å². The van der Waals surface area contributed by atoms with E-state index in [2.05, 4.69) is 15.8 Å². The maximum absolute atomic E-state index is 5.56. The van der Waals surface area contributed by atoms with E-state index in [1.165, 1.54) is 0 Å². The summed E-state index contributed by atoms with van der Waals surface area (Å²) in [6.07, 6.45) is 0. The first-order valence-electron chi connectivity index (χ1n) is 3.05. The van der Waals surface area contributed by atoms with Crippen molar-refractivity contribution in [2.45, 2.75) is 5.88 Å². The molecule has 0 heterocycles. The van der Waals surface area contributed by atoms with Gasteiger partial charge in [0.25, 0.3) is 0 Å². The van der Waals surface area contributed by atoms with Gasteiger partial charge in [-0.1, -0.05) is 17.1 Å². The molecule has 0 saturated heterocycles. The summed E-state index contributed by atoms with van der Waals surface area (Å²) in [5.74, 6) is 5.73. The molecule has 0 aliphatic carbocycles. The lowest BCUT2D eigenvalue weighted by Crippen LogP contribution is -2.02. The lowest BCUT2D eigenvalue weighted by Gasteiger charge is -1.99. The number of hydrogen-bond donors (Lipinski definition) is 1. The second kappa shape index (κ2) is 4.18. The van der Waals surface area contributed by atoms with E-state index in [0.717, 1.165) is 5.56 Å². The van der Waals surface area contributed by atoms with Gasteiger partial charge in [0.15, 0.2) is 5.75 Å². The van der Waals surface area contributed by atoms with Gasteiger partial charge in [0.2, 0.25) is 0 Å². The molecule has 0 atom stereocenters. The molecule has 0 amide bonds. The van der Waals surface area contributed by atoms with Crippen LogP contribution in [0.4, 0.5) is 0 Å². The molecule has 0 spiro atoms. The minimum atomic E-state index is 0.490. The molecule has 0 saturated carbocycles. The Morgan fingerprint density at radius 1 is 1.27 bits per heavy atom. The predicted molar refractivity (Wildman–Crippen MR) is 41.9 cm³/mol. The second-order valence-electron chi connectivity index (χ2n) is 1.96. The van der Waals surface area contributed by atoms with Crippen molar-refractivity contribution in [3.05, 3.63) is 29.8 Å². The number of benzene rings is 1. The highest BCUT2D eigenvalue weighted by Crippen LogP contribution is 2.12. The van der Waals surface area contributed by atoms with Crippen LogP contribution in [0.5, 0.6) is 5.75 Å². The molecule has 0 aromatic heterocycles. The highest BCUT2D eigenvalue weighted by molar-refractivity contribution is 6.17. The van der Waals surface area contributed by atoms with E-state index in [9.17, 15) is 0 Å². The van der Waals surface area contributed by atoms with Crippen molar-refractivity contribution in [2.24, 2.45) is 5.90 Å². The molecule has 4 heteroatoms. The number of hydrogen-bond acceptors (Lipinski definition) is 3. The summed E-state index contributed by atoms with van der Waals surface area (Å²) < 4.78 is 0. The van der Waals surface area contributed by atoms with Crippen LogP contribution in [0.3, 0.4) is 0 Å². The van der Waals surface area contributed by atoms with Crippen molar-refractivity contribution >= 4 is 11.6 Å². The lowest BCUT2D eigenvalue weighted by molar-refractivity contribution is -0.211. The number of halogens is 1. The summed E-state index contributed by atoms with van der Waals surface area (Å²) >= 11 is 5.56. The first kappa shape index (κ1) is 8.33. The van der Waals surface area contributed by atoms with Crippen molar-refractivity contribution in [2.75, 3.05) is 0 Å². The smallest absolute Gasteiger partial charge is 0.167 e. The van der Waals surface area contributed by atoms with Crippen LogP contribution in [0, 0.1) is 0 Å². The van der Waals surface area contributed by atoms with E-state index < -0.39 is 0 Å². The van der Waals surface area contributed by atoms with E-state index in [-0.39, 0.29) is 0 Å². The standard InChI is InChI=1S/C7H8ClNO2/c8-5-6-1-3-7(4-2-6)10-11-9/h1-4H,5,9H2. The van der Waals surface area contributed by atoms with Gasteiger partial charge in [-0.25, -0.2) is 0 Å². The van der Waals surface area contributed by atoms with Gasteiger partial charge in [0, 0.05) is 5.88 Å². The predicted octanol–water partition coefficient (Wildman–Crippen LogP) is 1.61. The molecule has 1 aromatic carbocycles. The summed E-state index contributed by atoms with van der Waals surface area (Å²) in [6, 6.07) is 7.12. The first-order valence-corrected chi connectivity index (χ1v) is 3.58. The average Bonchev–Trinajstić information content (AvgIpc) is 2.07. The molecule has 11 heavy (non-hydrogen) atoms. The number of rotatable bonds is 3. The fourth-order valence-corrected chi connectivity index (χ4v) is 0.868. The Bertz CT molecular complexity index is 212. The van der Waals surface area contributed by atoms with E-state index in [1.54, 1.807) is 12.1 Å². The summed E-state index contributed by atoms with van der Waals surface area (Å²) in [4.78, 5) is 8.51. The Balaban J connectivity index is 2.66. The molecular weight excluding hydrogens is 166 g/mol. The summed E-state index contributed by atoms with van der Waals surface area (Å²) in [5, 5.41) is 0. The van der Waals surface area contributed by atoms with E-state index in [1.807, 2.05) is 12.1 Å². The largest absolute Gasteiger partial charge is 0.320 e. The van der Waals surface area contributed by atoms with Crippen LogP contribution in [0.1, 0.15) is 5.56 Å². The molecular formula is C7H8ClNO2. The molecule has 60 valence electrons. The highest BCUT2D eigenvalue weighted by Gasteiger charge is 1.93. The van der Waals surface area contributed by atoms with Crippen molar-refractivity contribution in [3.8, 4) is 5.75 Å². The maximum Gasteiger partial charge on any atom is 0.167 e. The van der Waals surface area contributed by atoms with Crippen LogP contribution in [-0.2, 0) is 10.9 Å². The van der Waals surface area contributed by atoms with Crippen LogP contribution in [0.15, 0.2) is 24.3 Å². The molecule has 0 bridgehead atoms. The molecule has 2 N–H and O–H groups in total. The molecule has 0 unspecified atom stereocenters. The Morgan fingerprint density at radius 3 is 2.36 bits per heavy atom. The number of alkyl halides is 1. The Labute approximate surface area is 69.5 Å². The molecule has 0 radical (unpaired) electrons. The van der Waals surface area contributed by atoms with Gasteiger partial charge in [0.1, 0.15) is 0 Å². The summed E-state index contributed by atoms with van der Waals surface area (Å²) in [6.45, 7) is 0. The maximum atomic E-state index is 5.56. The third-order valence-electron chi connectivity index (χ3n) is 1.22. The third-order valence-corrected chi connectivity index (χ3v) is 1.53. The van der Waals surface area contributed by atoms with Gasteiger partial charge in [0.05, 0.1) is 0 Å². The van der Waals surface area contributed by atoms with Crippen molar-refractivity contribution in [3.63, 3.8) is 0 Å². The van der Waals surface area contributed by atoms with Crippen molar-refractivity contribution < 1.29 is 9.88 Å². The van der Waals surface area contributed by atoms with Gasteiger partial charge in [-0.15, -0.1) is 11.6 Å². The zero-order valence-electron chi connectivity index (χ0n) is 5.79. The summed E-state index contributed by atoms with van der Waals surface area (Å²) in [5.41, 5.74) is 1.02. The van der Waals surface area contributed by atoms with E-state index in [0.29, 0.717) is 11.6 Å². The SMILES string of the molecule is NOOc1ccc(CCl)cc1. The van der Waals surface area contributed by atoms with Crippen molar-refractivity contribution in [1.29, 1.82) is 0 Å². The van der Waals surface area contributed by atoms with Gasteiger partial charge in [-0.3, -0.25) is 0 Å². The number of nitrogens with two attached hydrogens (primary N) is 1. The zero-order valence-corrected chi connectivity index (χ0v) is 6.54. The molecule has 1 rings (SSSR count). The molecule has 0 aliphatic rings. The molecule has 0 aliphatic heterocycles. The van der Waals surface area contributed by atoms with Gasteiger partial charge in [-0.05, 0) is 17.7 Å². The van der Waals surface area contributed by atoms with Gasteiger partial charge in [-0.2, -0.15) is 5.90 Å². The minimum Gasteiger partial charge on any atom is -0.320 e. The Hall–Kier alpha value is -0.770. The van der Waals surface area contributed by atoms with Crippen molar-refractivity contribution in [1.82, 2.24) is 0 Å². The molecule has 1 aromatic rings. The quantitative estimate of drug-likeness (QED) is 0.429. The fourth-order valence-electron chi connectivity index (χ4n) is 0.690. The first-order chi connectivity index (χ1) is 5.36. The van der Waals surface area contributed by atoms with Crippen LogP contribution in [-0.4, -0.2) is 0 Å². The highest BCUT2D eigenvalue weighted by atomic mass is 35.5. The molecule has 3 nitrogen and oxygen atoms in total. The second-order valence-corrected chi connectivity index (χ2v) is 2.22. The van der Waals surface area contributed by atoms with Crippen LogP contribution in [0.25, 0.3) is 0 Å². The normalized spacial score (nSPS) is 9.64. The minimum absolute atomic E-state index is 0.490. The topological polar surface area (TPSA) is 44.5 Å².